The summed E-state index contributed by atoms with van der Waals surface area (Å²) in [6.07, 6.45) is 2.30. The lowest BCUT2D eigenvalue weighted by atomic mass is 9.97. The highest BCUT2D eigenvalue weighted by molar-refractivity contribution is 7.89. The van der Waals surface area contributed by atoms with Crippen LogP contribution in [0.3, 0.4) is 0 Å². The van der Waals surface area contributed by atoms with Gasteiger partial charge in [0.2, 0.25) is 0 Å². The number of rotatable bonds is 3. The number of piperidine rings is 1. The van der Waals surface area contributed by atoms with Crippen molar-refractivity contribution in [2.75, 3.05) is 13.1 Å². The molecular formula is C10H18N4O2S. The summed E-state index contributed by atoms with van der Waals surface area (Å²) in [5, 5.41) is 7.34. The van der Waals surface area contributed by atoms with Crippen LogP contribution in [-0.2, 0) is 17.1 Å². The third-order valence-corrected chi connectivity index (χ3v) is 4.71. The van der Waals surface area contributed by atoms with Gasteiger partial charge in [-0.05, 0) is 31.5 Å². The van der Waals surface area contributed by atoms with Crippen molar-refractivity contribution in [2.24, 2.45) is 13.0 Å². The van der Waals surface area contributed by atoms with E-state index < -0.39 is 10.0 Å². The maximum Gasteiger partial charge on any atom is 0.257 e. The van der Waals surface area contributed by atoms with Crippen molar-refractivity contribution in [1.82, 2.24) is 19.8 Å². The number of sulfonamides is 1. The Morgan fingerprint density at radius 3 is 2.94 bits per heavy atom. The molecule has 7 heteroatoms. The van der Waals surface area contributed by atoms with E-state index in [-0.39, 0.29) is 11.1 Å². The first kappa shape index (κ1) is 12.5. The fraction of sp³-hybridized carbons (Fsp3) is 0.700. The predicted molar refractivity (Wildman–Crippen MR) is 64.0 cm³/mol. The van der Waals surface area contributed by atoms with Gasteiger partial charge in [0.25, 0.3) is 10.0 Å². The first-order chi connectivity index (χ1) is 8.00. The molecule has 1 aliphatic heterocycles. The van der Waals surface area contributed by atoms with Crippen molar-refractivity contribution in [3.8, 4) is 0 Å². The van der Waals surface area contributed by atoms with Gasteiger partial charge in [0.15, 0.2) is 5.03 Å². The molecule has 2 N–H and O–H groups in total. The summed E-state index contributed by atoms with van der Waals surface area (Å²) >= 11 is 0. The van der Waals surface area contributed by atoms with Crippen molar-refractivity contribution in [1.29, 1.82) is 0 Å². The van der Waals surface area contributed by atoms with Gasteiger partial charge in [0.05, 0.1) is 6.20 Å². The van der Waals surface area contributed by atoms with Crippen molar-refractivity contribution in [2.45, 2.75) is 24.4 Å². The fourth-order valence-corrected chi connectivity index (χ4v) is 3.58. The topological polar surface area (TPSA) is 76.0 Å². The Morgan fingerprint density at radius 2 is 2.35 bits per heavy atom. The van der Waals surface area contributed by atoms with Crippen LogP contribution in [0, 0.1) is 5.92 Å². The molecule has 0 aromatic carbocycles. The molecule has 0 radical (unpaired) electrons. The lowest BCUT2D eigenvalue weighted by Gasteiger charge is -2.29. The van der Waals surface area contributed by atoms with Crippen LogP contribution >= 0.6 is 0 Å². The van der Waals surface area contributed by atoms with Crippen LogP contribution in [0.4, 0.5) is 0 Å². The fourth-order valence-electron chi connectivity index (χ4n) is 2.07. The van der Waals surface area contributed by atoms with Gasteiger partial charge in [-0.3, -0.25) is 4.68 Å². The summed E-state index contributed by atoms with van der Waals surface area (Å²) in [4.78, 5) is 0. The Hall–Kier alpha value is -0.920. The van der Waals surface area contributed by atoms with Crippen molar-refractivity contribution in [3.63, 3.8) is 0 Å². The van der Waals surface area contributed by atoms with Crippen LogP contribution < -0.4 is 10.0 Å². The van der Waals surface area contributed by atoms with Crippen molar-refractivity contribution in [3.05, 3.63) is 12.3 Å². The van der Waals surface area contributed by atoms with Crippen molar-refractivity contribution < 1.29 is 8.42 Å². The van der Waals surface area contributed by atoms with Gasteiger partial charge in [-0.25, -0.2) is 13.1 Å². The molecule has 0 bridgehead atoms. The van der Waals surface area contributed by atoms with Gasteiger partial charge in [0, 0.05) is 13.1 Å². The van der Waals surface area contributed by atoms with E-state index in [1.165, 1.54) is 16.9 Å². The maximum absolute atomic E-state index is 12.1. The molecule has 17 heavy (non-hydrogen) atoms. The Labute approximate surface area is 101 Å². The van der Waals surface area contributed by atoms with Crippen LogP contribution in [0.25, 0.3) is 0 Å². The van der Waals surface area contributed by atoms with Crippen LogP contribution in [0.5, 0.6) is 0 Å². The number of nitrogens with one attached hydrogen (secondary N) is 2. The molecule has 96 valence electrons. The molecule has 2 atom stereocenters. The van der Waals surface area contributed by atoms with E-state index in [1.54, 1.807) is 7.05 Å². The molecule has 0 saturated carbocycles. The Kier molecular flexibility index (Phi) is 3.50. The lowest BCUT2D eigenvalue weighted by molar-refractivity contribution is 0.327. The Morgan fingerprint density at radius 1 is 1.59 bits per heavy atom. The average Bonchev–Trinajstić information content (AvgIpc) is 2.68. The Bertz CT molecular complexity index is 482. The molecule has 0 amide bonds. The molecule has 2 unspecified atom stereocenters. The van der Waals surface area contributed by atoms with E-state index in [9.17, 15) is 8.42 Å². The average molecular weight is 258 g/mol. The minimum Gasteiger partial charge on any atom is -0.316 e. The van der Waals surface area contributed by atoms with Crippen molar-refractivity contribution >= 4 is 10.0 Å². The van der Waals surface area contributed by atoms with Gasteiger partial charge in [-0.1, -0.05) is 6.92 Å². The smallest absolute Gasteiger partial charge is 0.257 e. The third kappa shape index (κ3) is 2.67. The van der Waals surface area contributed by atoms with E-state index in [0.29, 0.717) is 5.92 Å². The monoisotopic (exact) mass is 258 g/mol. The summed E-state index contributed by atoms with van der Waals surface area (Å²) in [6, 6.07) is 1.50. The number of aromatic nitrogens is 2. The minimum absolute atomic E-state index is 0.00356. The quantitative estimate of drug-likeness (QED) is 0.780. The molecule has 0 aliphatic carbocycles. The SMILES string of the molecule is CC1CNCCC1NS(=O)(=O)c1ccnn1C. The van der Waals surface area contributed by atoms with Crippen LogP contribution in [0.1, 0.15) is 13.3 Å². The zero-order valence-corrected chi connectivity index (χ0v) is 10.9. The summed E-state index contributed by atoms with van der Waals surface area (Å²) in [5.41, 5.74) is 0. The van der Waals surface area contributed by atoms with E-state index in [4.69, 9.17) is 0 Å². The summed E-state index contributed by atoms with van der Waals surface area (Å²) in [7, 11) is -1.83. The van der Waals surface area contributed by atoms with Gasteiger partial charge in [-0.2, -0.15) is 5.10 Å². The summed E-state index contributed by atoms with van der Waals surface area (Å²) in [6.45, 7) is 3.74. The second kappa shape index (κ2) is 4.75. The molecular weight excluding hydrogens is 240 g/mol. The summed E-state index contributed by atoms with van der Waals surface area (Å²) in [5.74, 6) is 0.298. The first-order valence-corrected chi connectivity index (χ1v) is 7.20. The van der Waals surface area contributed by atoms with E-state index in [0.717, 1.165) is 19.5 Å². The molecule has 1 aliphatic rings. The highest BCUT2D eigenvalue weighted by Crippen LogP contribution is 2.14. The number of aryl methyl sites for hydroxylation is 1. The third-order valence-electron chi connectivity index (χ3n) is 3.14. The van der Waals surface area contributed by atoms with E-state index in [1.807, 2.05) is 6.92 Å². The van der Waals surface area contributed by atoms with Crippen LogP contribution in [0.15, 0.2) is 17.3 Å². The summed E-state index contributed by atoms with van der Waals surface area (Å²) < 4.78 is 28.4. The van der Waals surface area contributed by atoms with Gasteiger partial charge >= 0.3 is 0 Å². The number of nitrogens with zero attached hydrogens (tertiary/aromatic N) is 2. The molecule has 1 fully saturated rings. The van der Waals surface area contributed by atoms with Crippen LogP contribution in [-0.4, -0.2) is 37.3 Å². The normalized spacial score (nSPS) is 26.0. The van der Waals surface area contributed by atoms with Gasteiger partial charge in [0.1, 0.15) is 0 Å². The minimum atomic E-state index is -3.46. The molecule has 1 aromatic rings. The standard InChI is InChI=1S/C10H18N4O2S/c1-8-7-11-5-3-9(8)13-17(15,16)10-4-6-12-14(10)2/h4,6,8-9,11,13H,3,5,7H2,1-2H3. The maximum atomic E-state index is 12.1. The molecule has 2 heterocycles. The first-order valence-electron chi connectivity index (χ1n) is 5.72. The highest BCUT2D eigenvalue weighted by atomic mass is 32.2. The molecule has 1 saturated heterocycles. The highest BCUT2D eigenvalue weighted by Gasteiger charge is 2.27. The number of hydrogen-bond acceptors (Lipinski definition) is 4. The molecule has 1 aromatic heterocycles. The second-order valence-electron chi connectivity index (χ2n) is 4.49. The predicted octanol–water partition coefficient (Wildman–Crippen LogP) is -0.304. The zero-order chi connectivity index (χ0) is 12.5. The molecule has 6 nitrogen and oxygen atoms in total. The van der Waals surface area contributed by atoms with E-state index in [2.05, 4.69) is 15.1 Å². The van der Waals surface area contributed by atoms with Gasteiger partial charge in [-0.15, -0.1) is 0 Å². The lowest BCUT2D eigenvalue weighted by Crippen LogP contribution is -2.48. The zero-order valence-electron chi connectivity index (χ0n) is 10.0. The molecule has 2 rings (SSSR count). The molecule has 0 spiro atoms. The number of hydrogen-bond donors (Lipinski definition) is 2. The van der Waals surface area contributed by atoms with E-state index >= 15 is 0 Å². The largest absolute Gasteiger partial charge is 0.316 e. The van der Waals surface area contributed by atoms with Gasteiger partial charge < -0.3 is 5.32 Å². The Balaban J connectivity index is 2.15. The second-order valence-corrected chi connectivity index (χ2v) is 6.15. The van der Waals surface area contributed by atoms with Crippen LogP contribution in [0.2, 0.25) is 0 Å².